The summed E-state index contributed by atoms with van der Waals surface area (Å²) in [6.07, 6.45) is -0.128. The van der Waals surface area contributed by atoms with Crippen LogP contribution in [-0.4, -0.2) is 94.8 Å². The molecule has 172 valence electrons. The maximum absolute atomic E-state index is 12.9. The number of benzene rings is 1. The molecule has 2 heterocycles. The third-order valence-corrected chi connectivity index (χ3v) is 7.16. The fourth-order valence-electron chi connectivity index (χ4n) is 3.46. The number of carbonyl (C=O) groups excluding carboxylic acids is 2. The minimum absolute atomic E-state index is 0.106. The lowest BCUT2D eigenvalue weighted by molar-refractivity contribution is -0.139. The van der Waals surface area contributed by atoms with Gasteiger partial charge in [-0.25, -0.2) is 8.42 Å². The molecule has 2 amide bonds. The summed E-state index contributed by atoms with van der Waals surface area (Å²) >= 11 is 0. The molecule has 0 radical (unpaired) electrons. The number of hydrogen-bond donors (Lipinski definition) is 2. The minimum atomic E-state index is -3.76. The van der Waals surface area contributed by atoms with Gasteiger partial charge in [0.1, 0.15) is 6.23 Å². The van der Waals surface area contributed by atoms with Crippen molar-refractivity contribution in [2.24, 2.45) is 0 Å². The largest absolute Gasteiger partial charge is 0.379 e. The molecule has 2 fully saturated rings. The van der Waals surface area contributed by atoms with Gasteiger partial charge in [0.25, 0.3) is 0 Å². The van der Waals surface area contributed by atoms with Gasteiger partial charge in [-0.15, -0.1) is 0 Å². The predicted octanol–water partition coefficient (Wildman–Crippen LogP) is -0.703. The first-order chi connectivity index (χ1) is 14.9. The maximum atomic E-state index is 12.9. The molecule has 2 aliphatic heterocycles. The summed E-state index contributed by atoms with van der Waals surface area (Å²) < 4.78 is 37.7. The fourth-order valence-corrected chi connectivity index (χ4v) is 4.97. The van der Waals surface area contributed by atoms with Crippen LogP contribution in [-0.2, 0) is 29.1 Å². The first-order valence-corrected chi connectivity index (χ1v) is 11.9. The Bertz CT molecular complexity index is 855. The van der Waals surface area contributed by atoms with E-state index in [1.165, 1.54) is 4.31 Å². The Hall–Kier alpha value is -2.05. The highest BCUT2D eigenvalue weighted by molar-refractivity contribution is 7.89. The fraction of sp³-hybridized carbons (Fsp3) is 0.600. The third-order valence-electron chi connectivity index (χ3n) is 5.25. The summed E-state index contributed by atoms with van der Waals surface area (Å²) in [4.78, 5) is 26.5. The normalized spacial score (nSPS) is 20.5. The van der Waals surface area contributed by atoms with Crippen LogP contribution in [0.4, 0.5) is 0 Å². The molecule has 0 unspecified atom stereocenters. The predicted molar refractivity (Wildman–Crippen MR) is 113 cm³/mol. The van der Waals surface area contributed by atoms with Gasteiger partial charge in [-0.3, -0.25) is 14.5 Å². The van der Waals surface area contributed by atoms with Crippen molar-refractivity contribution in [1.29, 1.82) is 0 Å². The molecule has 11 heteroatoms. The number of rotatable bonds is 8. The van der Waals surface area contributed by atoms with E-state index in [1.807, 2.05) is 6.92 Å². The minimum Gasteiger partial charge on any atom is -0.379 e. The summed E-state index contributed by atoms with van der Waals surface area (Å²) in [6, 6.07) is 6.54. The van der Waals surface area contributed by atoms with Gasteiger partial charge < -0.3 is 20.1 Å². The number of nitrogens with one attached hydrogen (secondary N) is 2. The van der Waals surface area contributed by atoms with E-state index in [0.717, 1.165) is 31.6 Å². The zero-order valence-corrected chi connectivity index (χ0v) is 18.5. The van der Waals surface area contributed by atoms with Crippen molar-refractivity contribution in [2.45, 2.75) is 24.5 Å². The highest BCUT2D eigenvalue weighted by Gasteiger charge is 2.36. The molecular weight excluding hydrogens is 424 g/mol. The molecule has 10 nitrogen and oxygen atoms in total. The Morgan fingerprint density at radius 2 is 1.71 bits per heavy atom. The molecule has 2 saturated heterocycles. The summed E-state index contributed by atoms with van der Waals surface area (Å²) in [7, 11) is -3.76. The van der Waals surface area contributed by atoms with E-state index in [9.17, 15) is 18.0 Å². The van der Waals surface area contributed by atoms with Crippen molar-refractivity contribution in [2.75, 3.05) is 59.1 Å². The average molecular weight is 455 g/mol. The van der Waals surface area contributed by atoms with Crippen LogP contribution in [0.15, 0.2) is 29.2 Å². The Morgan fingerprint density at radius 3 is 2.42 bits per heavy atom. The number of amides is 2. The first kappa shape index (κ1) is 23.6. The van der Waals surface area contributed by atoms with Crippen LogP contribution in [0.2, 0.25) is 0 Å². The summed E-state index contributed by atoms with van der Waals surface area (Å²) in [5, 5.41) is 5.06. The van der Waals surface area contributed by atoms with Gasteiger partial charge in [0.05, 0.1) is 31.3 Å². The Labute approximate surface area is 182 Å². The van der Waals surface area contributed by atoms with Crippen molar-refractivity contribution >= 4 is 21.8 Å². The number of carbonyl (C=O) groups is 2. The molecular formula is C20H30N4O6S. The zero-order chi connectivity index (χ0) is 22.3. The van der Waals surface area contributed by atoms with Crippen molar-refractivity contribution in [3.8, 4) is 0 Å². The molecule has 0 aliphatic carbocycles. The lowest BCUT2D eigenvalue weighted by Crippen LogP contribution is -2.47. The zero-order valence-electron chi connectivity index (χ0n) is 17.7. The van der Waals surface area contributed by atoms with Crippen LogP contribution < -0.4 is 10.6 Å². The molecule has 0 spiro atoms. The van der Waals surface area contributed by atoms with Gasteiger partial charge in [-0.05, 0) is 32.0 Å². The van der Waals surface area contributed by atoms with E-state index in [2.05, 4.69) is 15.5 Å². The smallest absolute Gasteiger partial charge is 0.309 e. The monoisotopic (exact) mass is 454 g/mol. The van der Waals surface area contributed by atoms with Crippen molar-refractivity contribution in [1.82, 2.24) is 19.8 Å². The molecule has 0 aromatic heterocycles. The van der Waals surface area contributed by atoms with Gasteiger partial charge in [-0.2, -0.15) is 4.31 Å². The molecule has 1 atom stereocenters. The van der Waals surface area contributed by atoms with Crippen LogP contribution in [0.5, 0.6) is 0 Å². The molecule has 2 aliphatic rings. The molecule has 2 N–H and O–H groups in total. The highest BCUT2D eigenvalue weighted by Crippen LogP contribution is 2.22. The van der Waals surface area contributed by atoms with Gasteiger partial charge in [0, 0.05) is 26.2 Å². The number of hydrogen-bond acceptors (Lipinski definition) is 7. The summed E-state index contributed by atoms with van der Waals surface area (Å²) in [5.41, 5.74) is 0.955. The summed E-state index contributed by atoms with van der Waals surface area (Å²) in [5.74, 6) is -1.55. The van der Waals surface area contributed by atoms with Crippen molar-refractivity contribution < 1.29 is 27.5 Å². The van der Waals surface area contributed by atoms with E-state index >= 15 is 0 Å². The van der Waals surface area contributed by atoms with Crippen LogP contribution in [0.1, 0.15) is 12.0 Å². The Balaban J connectivity index is 1.43. The maximum Gasteiger partial charge on any atom is 0.309 e. The van der Waals surface area contributed by atoms with Crippen LogP contribution >= 0.6 is 0 Å². The first-order valence-electron chi connectivity index (χ1n) is 10.4. The number of nitrogens with zero attached hydrogens (tertiary/aromatic N) is 2. The third kappa shape index (κ3) is 6.47. The topological polar surface area (TPSA) is 117 Å². The van der Waals surface area contributed by atoms with E-state index < -0.39 is 28.1 Å². The van der Waals surface area contributed by atoms with Gasteiger partial charge in [0.15, 0.2) is 0 Å². The van der Waals surface area contributed by atoms with Gasteiger partial charge in [0.2, 0.25) is 10.0 Å². The molecule has 3 rings (SSSR count). The Kier molecular flexibility index (Phi) is 8.38. The van der Waals surface area contributed by atoms with E-state index in [-0.39, 0.29) is 24.6 Å². The standard InChI is InChI=1S/C20H30N4O6S/c1-16-3-5-17(6-4-16)31(27,28)24-11-14-30-18(24)15-22-20(26)19(25)21-7-2-8-23-9-12-29-13-10-23/h3-6,18H,2,7-15H2,1H3,(H,21,25)(H,22,26)/t18-/m0/s1. The van der Waals surface area contributed by atoms with Crippen LogP contribution in [0.3, 0.4) is 0 Å². The molecule has 31 heavy (non-hydrogen) atoms. The van der Waals surface area contributed by atoms with E-state index in [0.29, 0.717) is 19.8 Å². The molecule has 1 aromatic carbocycles. The van der Waals surface area contributed by atoms with Gasteiger partial charge in [-0.1, -0.05) is 17.7 Å². The highest BCUT2D eigenvalue weighted by atomic mass is 32.2. The Morgan fingerprint density at radius 1 is 1.03 bits per heavy atom. The van der Waals surface area contributed by atoms with Crippen LogP contribution in [0, 0.1) is 6.92 Å². The molecule has 0 saturated carbocycles. The SMILES string of the molecule is Cc1ccc(S(=O)(=O)N2CCO[C@H]2CNC(=O)C(=O)NCCCN2CCOCC2)cc1. The van der Waals surface area contributed by atoms with Crippen LogP contribution in [0.25, 0.3) is 0 Å². The van der Waals surface area contributed by atoms with Crippen molar-refractivity contribution in [3.05, 3.63) is 29.8 Å². The van der Waals surface area contributed by atoms with Gasteiger partial charge >= 0.3 is 11.8 Å². The molecule has 1 aromatic rings. The number of aryl methyl sites for hydroxylation is 1. The second-order valence-corrected chi connectivity index (χ2v) is 9.42. The van der Waals surface area contributed by atoms with Crippen molar-refractivity contribution in [3.63, 3.8) is 0 Å². The number of ether oxygens (including phenoxy) is 2. The lowest BCUT2D eigenvalue weighted by Gasteiger charge is -2.26. The van der Waals surface area contributed by atoms with E-state index in [1.54, 1.807) is 24.3 Å². The second kappa shape index (κ2) is 11.0. The quantitative estimate of drug-likeness (QED) is 0.394. The number of morpholine rings is 1. The number of sulfonamides is 1. The average Bonchev–Trinajstić information content (AvgIpc) is 3.25. The summed E-state index contributed by atoms with van der Waals surface area (Å²) in [6.45, 7) is 6.57. The second-order valence-electron chi connectivity index (χ2n) is 7.53. The molecule has 0 bridgehead atoms. The van der Waals surface area contributed by atoms with E-state index in [4.69, 9.17) is 9.47 Å². The lowest BCUT2D eigenvalue weighted by atomic mass is 10.2.